The summed E-state index contributed by atoms with van der Waals surface area (Å²) in [5.74, 6) is 0. The first-order valence-corrected chi connectivity index (χ1v) is 9.99. The first kappa shape index (κ1) is 17.1. The quantitative estimate of drug-likeness (QED) is 0.470. The second kappa shape index (κ2) is 5.97. The van der Waals surface area contributed by atoms with Crippen molar-refractivity contribution < 1.29 is 0 Å². The largest absolute Gasteiger partial charge is 0.348 e. The number of allylic oxidation sites excluding steroid dienone is 4. The molecule has 1 nitrogen and oxygen atoms in total. The zero-order valence-corrected chi connectivity index (χ0v) is 17.0. The van der Waals surface area contributed by atoms with Gasteiger partial charge in [0, 0.05) is 18.4 Å². The van der Waals surface area contributed by atoms with Crippen LogP contribution in [0.5, 0.6) is 0 Å². The number of aryl methyl sites for hydroxylation is 1. The average Bonchev–Trinajstić information content (AvgIpc) is 3.02. The number of rotatable bonds is 1. The Bertz CT molecular complexity index is 1160. The van der Waals surface area contributed by atoms with Gasteiger partial charge in [-0.2, -0.15) is 0 Å². The lowest BCUT2D eigenvalue weighted by atomic mass is 9.63. The maximum Gasteiger partial charge on any atom is 0.0753 e. The lowest BCUT2D eigenvalue weighted by Gasteiger charge is -2.44. The van der Waals surface area contributed by atoms with Crippen LogP contribution in [-0.4, -0.2) is 7.05 Å². The van der Waals surface area contributed by atoms with E-state index >= 15 is 0 Å². The molecule has 138 valence electrons. The molecule has 1 aliphatic carbocycles. The number of nitrogens with zero attached hydrogens (tertiary/aromatic N) is 1. The second-order valence-electron chi connectivity index (χ2n) is 7.87. The molecule has 0 amide bonds. The van der Waals surface area contributed by atoms with E-state index in [9.17, 15) is 0 Å². The van der Waals surface area contributed by atoms with Crippen LogP contribution in [0.15, 0.2) is 90.2 Å². The smallest absolute Gasteiger partial charge is 0.0753 e. The number of benzene rings is 3. The third-order valence-corrected chi connectivity index (χ3v) is 6.57. The van der Waals surface area contributed by atoms with Crippen LogP contribution in [0.2, 0.25) is 0 Å². The van der Waals surface area contributed by atoms with Gasteiger partial charge in [0.2, 0.25) is 0 Å². The molecule has 3 aromatic rings. The molecule has 1 aliphatic heterocycles. The summed E-state index contributed by atoms with van der Waals surface area (Å²) in [4.78, 5) is 2.34. The monoisotopic (exact) mass is 363 g/mol. The van der Waals surface area contributed by atoms with Gasteiger partial charge in [-0.05, 0) is 65.8 Å². The molecule has 0 radical (unpaired) electrons. The van der Waals surface area contributed by atoms with E-state index in [4.69, 9.17) is 0 Å². The minimum atomic E-state index is -0.267. The van der Waals surface area contributed by atoms with Crippen LogP contribution in [0.3, 0.4) is 0 Å². The Kier molecular flexibility index (Phi) is 3.64. The Balaban J connectivity index is 2.06. The Morgan fingerprint density at radius 1 is 0.786 bits per heavy atom. The van der Waals surface area contributed by atoms with Crippen LogP contribution >= 0.6 is 0 Å². The predicted octanol–water partition coefficient (Wildman–Crippen LogP) is 6.61. The maximum atomic E-state index is 2.34. The number of anilines is 1. The van der Waals surface area contributed by atoms with Crippen molar-refractivity contribution in [3.63, 3.8) is 0 Å². The SMILES string of the molecule is C/C=C\C1=C(C)N(C)c2ccccc2C12c1ccccc1-c1cccc(C)c12. The first-order valence-electron chi connectivity index (χ1n) is 9.99. The fourth-order valence-electron chi connectivity index (χ4n) is 5.40. The van der Waals surface area contributed by atoms with Crippen LogP contribution in [0, 0.1) is 6.92 Å². The summed E-state index contributed by atoms with van der Waals surface area (Å²) in [5, 5.41) is 0. The lowest BCUT2D eigenvalue weighted by molar-refractivity contribution is 0.720. The Morgan fingerprint density at radius 2 is 1.46 bits per heavy atom. The Morgan fingerprint density at radius 3 is 2.25 bits per heavy atom. The van der Waals surface area contributed by atoms with Gasteiger partial charge in [0.05, 0.1) is 5.41 Å². The fourth-order valence-corrected chi connectivity index (χ4v) is 5.40. The van der Waals surface area contributed by atoms with Crippen molar-refractivity contribution in [3.05, 3.63) is 112 Å². The van der Waals surface area contributed by atoms with Crippen molar-refractivity contribution in [1.29, 1.82) is 0 Å². The van der Waals surface area contributed by atoms with Gasteiger partial charge in [0.25, 0.3) is 0 Å². The third kappa shape index (κ3) is 1.91. The fraction of sp³-hybridized carbons (Fsp3) is 0.185. The molecule has 0 bridgehead atoms. The summed E-state index contributed by atoms with van der Waals surface area (Å²) in [6.45, 7) is 6.63. The molecule has 2 aliphatic rings. The molecule has 0 saturated heterocycles. The van der Waals surface area contributed by atoms with E-state index in [0.717, 1.165) is 0 Å². The van der Waals surface area contributed by atoms with Gasteiger partial charge in [-0.3, -0.25) is 0 Å². The van der Waals surface area contributed by atoms with E-state index in [1.54, 1.807) is 0 Å². The molecule has 1 atom stereocenters. The van der Waals surface area contributed by atoms with Gasteiger partial charge in [-0.25, -0.2) is 0 Å². The molecular formula is C27H25N. The summed E-state index contributed by atoms with van der Waals surface area (Å²) in [6, 6.07) is 24.6. The molecule has 0 N–H and O–H groups in total. The van der Waals surface area contributed by atoms with Gasteiger partial charge < -0.3 is 4.90 Å². The highest BCUT2D eigenvalue weighted by Gasteiger charge is 2.51. The van der Waals surface area contributed by atoms with E-state index in [2.05, 4.69) is 112 Å². The number of fused-ring (bicyclic) bond motifs is 7. The molecule has 1 unspecified atom stereocenters. The minimum Gasteiger partial charge on any atom is -0.348 e. The van der Waals surface area contributed by atoms with Crippen LogP contribution in [0.4, 0.5) is 5.69 Å². The van der Waals surface area contributed by atoms with Crippen molar-refractivity contribution >= 4 is 5.69 Å². The van der Waals surface area contributed by atoms with E-state index in [1.165, 1.54) is 50.3 Å². The van der Waals surface area contributed by atoms with Gasteiger partial charge in [-0.15, -0.1) is 0 Å². The van der Waals surface area contributed by atoms with Gasteiger partial charge >= 0.3 is 0 Å². The number of para-hydroxylation sites is 1. The van der Waals surface area contributed by atoms with Gasteiger partial charge in [0.15, 0.2) is 0 Å². The normalized spacial score (nSPS) is 19.9. The number of hydrogen-bond donors (Lipinski definition) is 0. The van der Waals surface area contributed by atoms with Crippen LogP contribution in [-0.2, 0) is 5.41 Å². The molecule has 0 saturated carbocycles. The van der Waals surface area contributed by atoms with Gasteiger partial charge in [0.1, 0.15) is 0 Å². The highest BCUT2D eigenvalue weighted by Crippen LogP contribution is 2.61. The highest BCUT2D eigenvalue weighted by molar-refractivity contribution is 5.91. The van der Waals surface area contributed by atoms with Crippen molar-refractivity contribution in [3.8, 4) is 11.1 Å². The van der Waals surface area contributed by atoms with Crippen LogP contribution in [0.1, 0.15) is 36.1 Å². The van der Waals surface area contributed by atoms with E-state index in [-0.39, 0.29) is 5.41 Å². The zero-order valence-electron chi connectivity index (χ0n) is 17.0. The summed E-state index contributed by atoms with van der Waals surface area (Å²) in [5.41, 5.74) is 12.0. The van der Waals surface area contributed by atoms with Crippen molar-refractivity contribution in [2.45, 2.75) is 26.2 Å². The molecule has 0 fully saturated rings. The van der Waals surface area contributed by atoms with E-state index < -0.39 is 0 Å². The third-order valence-electron chi connectivity index (χ3n) is 6.57. The standard InChI is InChI=1S/C27H25N/c1-5-11-22-19(3)28(4)25-17-9-8-16-24(25)27(22)23-15-7-6-13-20(23)21-14-10-12-18(2)26(21)27/h5-17H,1-4H3/b11-5-. The highest BCUT2D eigenvalue weighted by atomic mass is 15.1. The summed E-state index contributed by atoms with van der Waals surface area (Å²) in [7, 11) is 2.18. The number of hydrogen-bond acceptors (Lipinski definition) is 1. The van der Waals surface area contributed by atoms with Crippen molar-refractivity contribution in [2.24, 2.45) is 0 Å². The maximum absolute atomic E-state index is 2.34. The van der Waals surface area contributed by atoms with Crippen molar-refractivity contribution in [1.82, 2.24) is 0 Å². The summed E-state index contributed by atoms with van der Waals surface area (Å²) < 4.78 is 0. The average molecular weight is 364 g/mol. The Labute approximate surface area is 167 Å². The second-order valence-corrected chi connectivity index (χ2v) is 7.87. The molecule has 3 aromatic carbocycles. The van der Waals surface area contributed by atoms with Gasteiger partial charge in [-0.1, -0.05) is 72.8 Å². The first-order chi connectivity index (χ1) is 13.6. The summed E-state index contributed by atoms with van der Waals surface area (Å²) in [6.07, 6.45) is 4.50. The summed E-state index contributed by atoms with van der Waals surface area (Å²) >= 11 is 0. The lowest BCUT2D eigenvalue weighted by Crippen LogP contribution is -2.38. The van der Waals surface area contributed by atoms with Crippen molar-refractivity contribution in [2.75, 3.05) is 11.9 Å². The molecule has 28 heavy (non-hydrogen) atoms. The minimum absolute atomic E-state index is 0.267. The van der Waals surface area contributed by atoms with Crippen LogP contribution in [0.25, 0.3) is 11.1 Å². The Hall–Kier alpha value is -3.06. The molecule has 1 spiro atoms. The van der Waals surface area contributed by atoms with E-state index in [1.807, 2.05) is 0 Å². The molecule has 1 heteroatoms. The molecule has 1 heterocycles. The predicted molar refractivity (Wildman–Crippen MR) is 119 cm³/mol. The molecular weight excluding hydrogens is 338 g/mol. The molecule has 0 aromatic heterocycles. The zero-order chi connectivity index (χ0) is 19.5. The van der Waals surface area contributed by atoms with E-state index in [0.29, 0.717) is 0 Å². The molecule has 5 rings (SSSR count). The topological polar surface area (TPSA) is 3.24 Å². The van der Waals surface area contributed by atoms with Crippen LogP contribution < -0.4 is 4.90 Å².